The van der Waals surface area contributed by atoms with Crippen LogP contribution in [-0.2, 0) is 0 Å². The van der Waals surface area contributed by atoms with Crippen molar-refractivity contribution in [2.45, 2.75) is 6.92 Å². The normalized spacial score (nSPS) is 11.1. The molecule has 2 heterocycles. The van der Waals surface area contributed by atoms with Crippen molar-refractivity contribution in [3.8, 4) is 23.2 Å². The number of nitrogens with zero attached hydrogens (tertiary/aromatic N) is 3. The second-order valence-corrected chi connectivity index (χ2v) is 7.69. The lowest BCUT2D eigenvalue weighted by Gasteiger charge is -2.13. The molecule has 2 N–H and O–H groups in total. The number of carbonyl (C=O) groups excluding carboxylic acids is 1. The lowest BCUT2D eigenvalue weighted by molar-refractivity contribution is 0.0954. The van der Waals surface area contributed by atoms with Gasteiger partial charge >= 0.3 is 0 Å². The molecule has 0 aliphatic carbocycles. The van der Waals surface area contributed by atoms with Gasteiger partial charge in [0.05, 0.1) is 30.5 Å². The molecule has 0 spiro atoms. The van der Waals surface area contributed by atoms with Gasteiger partial charge in [-0.1, -0.05) is 29.8 Å². The number of fused-ring (bicyclic) bond motifs is 1. The van der Waals surface area contributed by atoms with Crippen molar-refractivity contribution in [1.82, 2.24) is 15.0 Å². The molecule has 4 rings (SSSR count). The SMILES string of the molecule is CCOc1ccc(C(=O)N/N=C/c2c(O)n(-c3ccc(Cl)cn3)c(=O)c3ccccc23)cc1OC. The predicted molar refractivity (Wildman–Crippen MR) is 133 cm³/mol. The van der Waals surface area contributed by atoms with Gasteiger partial charge in [-0.05, 0) is 43.3 Å². The predicted octanol–water partition coefficient (Wildman–Crippen LogP) is 3.92. The average Bonchev–Trinajstić information content (AvgIpc) is 2.87. The van der Waals surface area contributed by atoms with Crippen LogP contribution in [0.1, 0.15) is 22.8 Å². The van der Waals surface area contributed by atoms with E-state index in [9.17, 15) is 14.7 Å². The summed E-state index contributed by atoms with van der Waals surface area (Å²) in [6.45, 7) is 2.30. The zero-order valence-electron chi connectivity index (χ0n) is 18.9. The molecule has 0 saturated carbocycles. The number of benzene rings is 2. The summed E-state index contributed by atoms with van der Waals surface area (Å²) in [5.74, 6) is 0.227. The van der Waals surface area contributed by atoms with Gasteiger partial charge in [-0.15, -0.1) is 0 Å². The van der Waals surface area contributed by atoms with Crippen LogP contribution < -0.4 is 20.5 Å². The maximum absolute atomic E-state index is 13.1. The van der Waals surface area contributed by atoms with Gasteiger partial charge in [-0.3, -0.25) is 9.59 Å². The Labute approximate surface area is 205 Å². The molecule has 10 heteroatoms. The number of carbonyl (C=O) groups is 1. The van der Waals surface area contributed by atoms with Crippen LogP contribution in [0, 0.1) is 0 Å². The molecule has 0 atom stereocenters. The van der Waals surface area contributed by atoms with Crippen LogP contribution in [0.15, 0.2) is 70.7 Å². The third-order valence-corrected chi connectivity index (χ3v) is 5.35. The van der Waals surface area contributed by atoms with E-state index in [4.69, 9.17) is 21.1 Å². The van der Waals surface area contributed by atoms with Crippen LogP contribution >= 0.6 is 11.6 Å². The van der Waals surface area contributed by atoms with Gasteiger partial charge in [0.1, 0.15) is 5.82 Å². The summed E-state index contributed by atoms with van der Waals surface area (Å²) in [5.41, 5.74) is 2.49. The Balaban J connectivity index is 1.70. The summed E-state index contributed by atoms with van der Waals surface area (Å²) in [6.07, 6.45) is 2.64. The Morgan fingerprint density at radius 3 is 2.63 bits per heavy atom. The van der Waals surface area contributed by atoms with E-state index in [0.717, 1.165) is 4.57 Å². The number of hydrazone groups is 1. The third kappa shape index (κ3) is 4.80. The second-order valence-electron chi connectivity index (χ2n) is 7.26. The van der Waals surface area contributed by atoms with Crippen LogP contribution in [0.25, 0.3) is 16.6 Å². The van der Waals surface area contributed by atoms with Crippen molar-refractivity contribution >= 4 is 34.5 Å². The summed E-state index contributed by atoms with van der Waals surface area (Å²) < 4.78 is 11.8. The molecule has 9 nitrogen and oxygen atoms in total. The molecule has 0 radical (unpaired) electrons. The minimum Gasteiger partial charge on any atom is -0.494 e. The van der Waals surface area contributed by atoms with E-state index in [1.54, 1.807) is 42.5 Å². The fourth-order valence-corrected chi connectivity index (χ4v) is 3.62. The molecule has 4 aromatic rings. The van der Waals surface area contributed by atoms with Crippen molar-refractivity contribution in [2.24, 2.45) is 5.10 Å². The van der Waals surface area contributed by atoms with Gasteiger partial charge < -0.3 is 14.6 Å². The highest BCUT2D eigenvalue weighted by Gasteiger charge is 2.17. The molecule has 0 aliphatic heterocycles. The highest BCUT2D eigenvalue weighted by atomic mass is 35.5. The number of nitrogens with one attached hydrogen (secondary N) is 1. The minimum absolute atomic E-state index is 0.183. The zero-order valence-corrected chi connectivity index (χ0v) is 19.6. The standard InChI is InChI=1S/C25H21ClN4O5/c1-3-35-20-10-8-15(12-21(20)34-2)23(31)29-28-14-19-17-6-4-5-7-18(17)24(32)30(25(19)33)22-11-9-16(26)13-27-22/h4-14,33H,3H2,1-2H3,(H,29,31)/b28-14+. The first kappa shape index (κ1) is 23.8. The molecule has 0 fully saturated rings. The molecule has 0 unspecified atom stereocenters. The van der Waals surface area contributed by atoms with E-state index in [1.165, 1.54) is 31.7 Å². The van der Waals surface area contributed by atoms with E-state index in [-0.39, 0.29) is 17.3 Å². The van der Waals surface area contributed by atoms with Crippen LogP contribution in [-0.4, -0.2) is 40.5 Å². The Kier molecular flexibility index (Phi) is 6.98. The summed E-state index contributed by atoms with van der Waals surface area (Å²) >= 11 is 5.91. The summed E-state index contributed by atoms with van der Waals surface area (Å²) in [6, 6.07) is 14.6. The van der Waals surface area contributed by atoms with Crippen LogP contribution in [0.5, 0.6) is 17.4 Å². The van der Waals surface area contributed by atoms with Crippen LogP contribution in [0.3, 0.4) is 0 Å². The van der Waals surface area contributed by atoms with Crippen molar-refractivity contribution in [3.63, 3.8) is 0 Å². The van der Waals surface area contributed by atoms with Crippen molar-refractivity contribution in [3.05, 3.63) is 87.3 Å². The Morgan fingerprint density at radius 2 is 1.94 bits per heavy atom. The largest absolute Gasteiger partial charge is 0.494 e. The third-order valence-electron chi connectivity index (χ3n) is 5.13. The Bertz CT molecular complexity index is 1480. The maximum Gasteiger partial charge on any atom is 0.271 e. The highest BCUT2D eigenvalue weighted by molar-refractivity contribution is 6.30. The van der Waals surface area contributed by atoms with E-state index in [2.05, 4.69) is 15.5 Å². The number of hydrogen-bond acceptors (Lipinski definition) is 7. The number of amides is 1. The number of methoxy groups -OCH3 is 1. The molecule has 35 heavy (non-hydrogen) atoms. The number of aromatic hydroxyl groups is 1. The van der Waals surface area contributed by atoms with E-state index >= 15 is 0 Å². The van der Waals surface area contributed by atoms with Crippen molar-refractivity contribution in [2.75, 3.05) is 13.7 Å². The summed E-state index contributed by atoms with van der Waals surface area (Å²) in [5, 5.41) is 16.2. The average molecular weight is 493 g/mol. The monoisotopic (exact) mass is 492 g/mol. The smallest absolute Gasteiger partial charge is 0.271 e. The highest BCUT2D eigenvalue weighted by Crippen LogP contribution is 2.28. The first-order valence-corrected chi connectivity index (χ1v) is 10.9. The lowest BCUT2D eigenvalue weighted by Crippen LogP contribution is -2.21. The van der Waals surface area contributed by atoms with Crippen molar-refractivity contribution in [1.29, 1.82) is 0 Å². The van der Waals surface area contributed by atoms with Gasteiger partial charge in [0, 0.05) is 22.5 Å². The first-order chi connectivity index (χ1) is 16.9. The fraction of sp³-hybridized carbons (Fsp3) is 0.120. The maximum atomic E-state index is 13.1. The number of hydrogen-bond donors (Lipinski definition) is 2. The van der Waals surface area contributed by atoms with Gasteiger partial charge in [0.2, 0.25) is 5.88 Å². The lowest BCUT2D eigenvalue weighted by atomic mass is 10.1. The molecule has 0 bridgehead atoms. The van der Waals surface area contributed by atoms with E-state index < -0.39 is 11.5 Å². The second kappa shape index (κ2) is 10.3. The van der Waals surface area contributed by atoms with E-state index in [1.807, 2.05) is 6.92 Å². The van der Waals surface area contributed by atoms with E-state index in [0.29, 0.717) is 39.5 Å². The topological polar surface area (TPSA) is 115 Å². The molecule has 2 aromatic heterocycles. The van der Waals surface area contributed by atoms with Gasteiger partial charge in [0.25, 0.3) is 11.5 Å². The number of rotatable bonds is 7. The number of halogens is 1. The van der Waals surface area contributed by atoms with Crippen LogP contribution in [0.2, 0.25) is 5.02 Å². The fourth-order valence-electron chi connectivity index (χ4n) is 3.51. The minimum atomic E-state index is -0.501. The zero-order chi connectivity index (χ0) is 24.9. The number of aromatic nitrogens is 2. The van der Waals surface area contributed by atoms with Gasteiger partial charge in [-0.2, -0.15) is 5.10 Å². The molecular formula is C25H21ClN4O5. The quantitative estimate of drug-likeness (QED) is 0.298. The molecule has 1 amide bonds. The van der Waals surface area contributed by atoms with Crippen molar-refractivity contribution < 1.29 is 19.4 Å². The summed E-state index contributed by atoms with van der Waals surface area (Å²) in [7, 11) is 1.48. The number of ether oxygens (including phenoxy) is 2. The molecule has 0 aliphatic rings. The first-order valence-electron chi connectivity index (χ1n) is 10.6. The van der Waals surface area contributed by atoms with Crippen LogP contribution in [0.4, 0.5) is 0 Å². The van der Waals surface area contributed by atoms with Gasteiger partial charge in [0.15, 0.2) is 11.5 Å². The Morgan fingerprint density at radius 1 is 1.17 bits per heavy atom. The summed E-state index contributed by atoms with van der Waals surface area (Å²) in [4.78, 5) is 29.9. The Hall–Kier alpha value is -4.37. The molecular weight excluding hydrogens is 472 g/mol. The van der Waals surface area contributed by atoms with Gasteiger partial charge in [-0.25, -0.2) is 15.0 Å². The number of pyridine rings is 2. The molecule has 2 aromatic carbocycles. The molecule has 178 valence electrons. The molecule has 0 saturated heterocycles.